The minimum Gasteiger partial charge on any atom is -0.388 e. The Morgan fingerprint density at radius 3 is 2.80 bits per heavy atom. The van der Waals surface area contributed by atoms with Crippen LogP contribution in [-0.2, 0) is 12.8 Å². The number of aromatic nitrogens is 2. The van der Waals surface area contributed by atoms with Gasteiger partial charge in [0, 0.05) is 30.3 Å². The quantitative estimate of drug-likeness (QED) is 0.489. The van der Waals surface area contributed by atoms with Crippen LogP contribution in [0.2, 0.25) is 0 Å². The third kappa shape index (κ3) is 2.92. The monoisotopic (exact) mass is 273 g/mol. The maximum absolute atomic E-state index is 7.45. The van der Waals surface area contributed by atoms with Crippen molar-refractivity contribution in [1.82, 2.24) is 9.97 Å². The number of hydrogen-bond donors (Lipinski definition) is 2. The first kappa shape index (κ1) is 13.3. The molecule has 3 N–H and O–H groups in total. The van der Waals surface area contributed by atoms with E-state index in [0.29, 0.717) is 12.5 Å². The highest BCUT2D eigenvalue weighted by Gasteiger charge is 2.32. The van der Waals surface area contributed by atoms with Crippen molar-refractivity contribution >= 4 is 11.7 Å². The first-order valence-corrected chi connectivity index (χ1v) is 7.68. The first-order chi connectivity index (χ1) is 9.75. The van der Waals surface area contributed by atoms with Crippen LogP contribution in [0.4, 0.5) is 5.82 Å². The van der Waals surface area contributed by atoms with Crippen molar-refractivity contribution in [3.63, 3.8) is 0 Å². The van der Waals surface area contributed by atoms with Gasteiger partial charge in [0.25, 0.3) is 0 Å². The van der Waals surface area contributed by atoms with Gasteiger partial charge in [-0.2, -0.15) is 0 Å². The molecular weight excluding hydrogens is 250 g/mol. The molecule has 2 aliphatic rings. The van der Waals surface area contributed by atoms with E-state index in [4.69, 9.17) is 11.1 Å². The normalized spacial score (nSPS) is 18.2. The number of rotatable bonds is 5. The molecular formula is C15H23N5. The number of hydrogen-bond acceptors (Lipinski definition) is 4. The van der Waals surface area contributed by atoms with Gasteiger partial charge < -0.3 is 10.6 Å². The van der Waals surface area contributed by atoms with Gasteiger partial charge in [-0.3, -0.25) is 5.41 Å². The zero-order valence-electron chi connectivity index (χ0n) is 11.9. The summed E-state index contributed by atoms with van der Waals surface area (Å²) in [6, 6.07) is 0.594. The first-order valence-electron chi connectivity index (χ1n) is 7.68. The summed E-state index contributed by atoms with van der Waals surface area (Å²) in [5.74, 6) is 1.37. The fourth-order valence-electron chi connectivity index (χ4n) is 3.02. The number of aryl methyl sites for hydroxylation is 1. The molecule has 0 atom stereocenters. The summed E-state index contributed by atoms with van der Waals surface area (Å²) in [5, 5.41) is 7.45. The van der Waals surface area contributed by atoms with E-state index < -0.39 is 0 Å². The third-order valence-electron chi connectivity index (χ3n) is 4.23. The van der Waals surface area contributed by atoms with Crippen LogP contribution >= 0.6 is 0 Å². The fraction of sp³-hybridized carbons (Fsp3) is 0.667. The third-order valence-corrected chi connectivity index (χ3v) is 4.23. The minimum absolute atomic E-state index is 0.260. The van der Waals surface area contributed by atoms with Gasteiger partial charge in [0.05, 0.1) is 5.84 Å². The number of nitrogens with zero attached hydrogens (tertiary/aromatic N) is 3. The molecule has 0 aliphatic heterocycles. The Kier molecular flexibility index (Phi) is 3.85. The molecule has 5 heteroatoms. The van der Waals surface area contributed by atoms with Crippen molar-refractivity contribution in [2.24, 2.45) is 5.73 Å². The van der Waals surface area contributed by atoms with Gasteiger partial charge in [0.1, 0.15) is 12.1 Å². The van der Waals surface area contributed by atoms with Gasteiger partial charge in [0.2, 0.25) is 0 Å². The van der Waals surface area contributed by atoms with Crippen LogP contribution < -0.4 is 10.6 Å². The van der Waals surface area contributed by atoms with Gasteiger partial charge in [0.15, 0.2) is 0 Å². The summed E-state index contributed by atoms with van der Waals surface area (Å²) >= 11 is 0. The van der Waals surface area contributed by atoms with E-state index in [1.807, 2.05) is 0 Å². The smallest absolute Gasteiger partial charge is 0.135 e. The predicted molar refractivity (Wildman–Crippen MR) is 80.2 cm³/mol. The van der Waals surface area contributed by atoms with Crippen LogP contribution in [0, 0.1) is 5.41 Å². The van der Waals surface area contributed by atoms with Crippen LogP contribution in [0.25, 0.3) is 0 Å². The average Bonchev–Trinajstić information content (AvgIpc) is 3.25. The molecule has 20 heavy (non-hydrogen) atoms. The Morgan fingerprint density at radius 1 is 1.25 bits per heavy atom. The summed E-state index contributed by atoms with van der Waals surface area (Å²) in [6.07, 6.45) is 10.7. The molecule has 0 bridgehead atoms. The fourth-order valence-corrected chi connectivity index (χ4v) is 3.02. The van der Waals surface area contributed by atoms with Crippen molar-refractivity contribution in [3.05, 3.63) is 17.6 Å². The number of anilines is 1. The maximum Gasteiger partial charge on any atom is 0.135 e. The summed E-state index contributed by atoms with van der Waals surface area (Å²) in [5.41, 5.74) is 8.11. The molecule has 1 heterocycles. The summed E-state index contributed by atoms with van der Waals surface area (Å²) in [7, 11) is 0. The van der Waals surface area contributed by atoms with Gasteiger partial charge >= 0.3 is 0 Å². The standard InChI is InChI=1S/C15H23N5/c16-14(17)8-9-20(11-6-7-11)15-12-4-2-1-3-5-13(12)18-10-19-15/h10-11H,1-9H2,(H3,16,17). The number of amidine groups is 1. The Labute approximate surface area is 120 Å². The van der Waals surface area contributed by atoms with E-state index in [-0.39, 0.29) is 5.84 Å². The van der Waals surface area contributed by atoms with E-state index >= 15 is 0 Å². The number of fused-ring (bicyclic) bond motifs is 1. The molecule has 1 aromatic heterocycles. The molecule has 2 aliphatic carbocycles. The Morgan fingerprint density at radius 2 is 2.05 bits per heavy atom. The molecule has 0 spiro atoms. The van der Waals surface area contributed by atoms with Crippen molar-refractivity contribution in [2.45, 2.75) is 57.4 Å². The molecule has 1 aromatic rings. The zero-order valence-corrected chi connectivity index (χ0v) is 11.9. The van der Waals surface area contributed by atoms with E-state index in [0.717, 1.165) is 25.2 Å². The molecule has 1 saturated carbocycles. The summed E-state index contributed by atoms with van der Waals surface area (Å²) < 4.78 is 0. The van der Waals surface area contributed by atoms with Crippen molar-refractivity contribution < 1.29 is 0 Å². The van der Waals surface area contributed by atoms with Crippen LogP contribution in [0.1, 0.15) is 49.8 Å². The van der Waals surface area contributed by atoms with Gasteiger partial charge in [-0.1, -0.05) is 6.42 Å². The lowest BCUT2D eigenvalue weighted by atomic mass is 10.1. The lowest BCUT2D eigenvalue weighted by Gasteiger charge is -2.26. The second-order valence-corrected chi connectivity index (χ2v) is 5.88. The van der Waals surface area contributed by atoms with Crippen LogP contribution in [-0.4, -0.2) is 28.4 Å². The van der Waals surface area contributed by atoms with Crippen molar-refractivity contribution in [1.29, 1.82) is 5.41 Å². The van der Waals surface area contributed by atoms with Gasteiger partial charge in [-0.15, -0.1) is 0 Å². The van der Waals surface area contributed by atoms with Crippen LogP contribution in [0.15, 0.2) is 6.33 Å². The molecule has 0 aromatic carbocycles. The van der Waals surface area contributed by atoms with E-state index in [1.54, 1.807) is 6.33 Å². The lowest BCUT2D eigenvalue weighted by molar-refractivity contribution is 0.707. The van der Waals surface area contributed by atoms with Crippen molar-refractivity contribution in [3.8, 4) is 0 Å². The SMILES string of the molecule is N=C(N)CCN(c1ncnc2c1CCCCC2)C1CC1. The number of nitrogens with two attached hydrogens (primary N) is 1. The molecule has 0 saturated heterocycles. The van der Waals surface area contributed by atoms with Crippen LogP contribution in [0.3, 0.4) is 0 Å². The average molecular weight is 273 g/mol. The summed E-state index contributed by atoms with van der Waals surface area (Å²) in [4.78, 5) is 11.4. The van der Waals surface area contributed by atoms with E-state index in [9.17, 15) is 0 Å². The second-order valence-electron chi connectivity index (χ2n) is 5.88. The molecule has 1 fully saturated rings. The Bertz CT molecular complexity index is 495. The molecule has 3 rings (SSSR count). The molecule has 0 radical (unpaired) electrons. The van der Waals surface area contributed by atoms with E-state index in [1.165, 1.54) is 43.4 Å². The van der Waals surface area contributed by atoms with Crippen LogP contribution in [0.5, 0.6) is 0 Å². The molecule has 108 valence electrons. The predicted octanol–water partition coefficient (Wildman–Crippen LogP) is 2.04. The Balaban J connectivity index is 1.88. The highest BCUT2D eigenvalue weighted by atomic mass is 15.2. The maximum atomic E-state index is 7.45. The largest absolute Gasteiger partial charge is 0.388 e. The van der Waals surface area contributed by atoms with Gasteiger partial charge in [-0.05, 0) is 38.5 Å². The van der Waals surface area contributed by atoms with Crippen molar-refractivity contribution in [2.75, 3.05) is 11.4 Å². The van der Waals surface area contributed by atoms with E-state index in [2.05, 4.69) is 14.9 Å². The molecule has 5 nitrogen and oxygen atoms in total. The Hall–Kier alpha value is -1.65. The van der Waals surface area contributed by atoms with Gasteiger partial charge in [-0.25, -0.2) is 9.97 Å². The highest BCUT2D eigenvalue weighted by Crippen LogP contribution is 2.34. The molecule has 0 unspecified atom stereocenters. The summed E-state index contributed by atoms with van der Waals surface area (Å²) in [6.45, 7) is 0.809. The highest BCUT2D eigenvalue weighted by molar-refractivity contribution is 5.77. The molecule has 0 amide bonds. The topological polar surface area (TPSA) is 78.9 Å². The second kappa shape index (κ2) is 5.77. The number of nitrogens with one attached hydrogen (secondary N) is 1. The minimum atomic E-state index is 0.260. The lowest BCUT2D eigenvalue weighted by Crippen LogP contribution is -2.31. The zero-order chi connectivity index (χ0) is 13.9.